The Labute approximate surface area is 189 Å². The molecule has 0 aliphatic carbocycles. The number of nitrogens with one attached hydrogen (secondary N) is 1. The Balaban J connectivity index is 2.22. The summed E-state index contributed by atoms with van der Waals surface area (Å²) in [6.45, 7) is 0.561. The number of azo groups is 1. The van der Waals surface area contributed by atoms with Crippen molar-refractivity contribution < 1.29 is 33.7 Å². The molecule has 14 heteroatoms. The number of phosphoric acid groups is 1. The third kappa shape index (κ3) is 7.70. The van der Waals surface area contributed by atoms with Gasteiger partial charge in [0.05, 0.1) is 29.4 Å². The Bertz CT molecular complexity index is 1070. The van der Waals surface area contributed by atoms with E-state index in [0.717, 1.165) is 11.8 Å². The van der Waals surface area contributed by atoms with E-state index in [-0.39, 0.29) is 11.3 Å². The Hall–Kier alpha value is -3.22. The number of nitro groups is 1. The van der Waals surface area contributed by atoms with Crippen molar-refractivity contribution in [1.82, 2.24) is 5.32 Å². The number of hydrogen-bond donors (Lipinski definition) is 4. The average Bonchev–Trinajstić information content (AvgIpc) is 2.74. The second-order valence-corrected chi connectivity index (χ2v) is 8.33. The van der Waals surface area contributed by atoms with Crippen molar-refractivity contribution in [3.05, 3.63) is 58.1 Å². The number of hydrogen-bond acceptors (Lipinski definition) is 9. The lowest BCUT2D eigenvalue weighted by Crippen LogP contribution is -2.45. The van der Waals surface area contributed by atoms with Gasteiger partial charge < -0.3 is 25.1 Å². The SMILES string of the molecule is C[C@H](OP(=O)(O)O)[C@H](CO)NC(=O)c1ccc(N=Nc2ccc(N(C)C)cc2)c([N+](=O)[O-])c1. The number of aliphatic hydroxyl groups is 1. The van der Waals surface area contributed by atoms with Crippen LogP contribution in [0.15, 0.2) is 52.7 Å². The minimum absolute atomic E-state index is 0.0786. The molecule has 2 aromatic carbocycles. The molecule has 13 nitrogen and oxygen atoms in total. The van der Waals surface area contributed by atoms with E-state index in [2.05, 4.69) is 20.1 Å². The molecule has 0 aliphatic heterocycles. The molecule has 0 fully saturated rings. The van der Waals surface area contributed by atoms with Crippen molar-refractivity contribution in [1.29, 1.82) is 0 Å². The molecule has 4 N–H and O–H groups in total. The second-order valence-electron chi connectivity index (χ2n) is 7.14. The van der Waals surface area contributed by atoms with Crippen LogP contribution in [0.2, 0.25) is 0 Å². The van der Waals surface area contributed by atoms with E-state index >= 15 is 0 Å². The van der Waals surface area contributed by atoms with Gasteiger partial charge in [0.15, 0.2) is 5.69 Å². The molecular formula is C19H24N5O8P. The van der Waals surface area contributed by atoms with Crippen LogP contribution in [0.4, 0.5) is 22.7 Å². The summed E-state index contributed by atoms with van der Waals surface area (Å²) in [6, 6.07) is 9.35. The van der Waals surface area contributed by atoms with E-state index in [1.807, 2.05) is 31.1 Å². The maximum atomic E-state index is 12.5. The molecule has 2 rings (SSSR count). The molecule has 2 atom stereocenters. The first kappa shape index (κ1) is 26.0. The van der Waals surface area contributed by atoms with Crippen molar-refractivity contribution in [3.8, 4) is 0 Å². The molecule has 0 radical (unpaired) electrons. The van der Waals surface area contributed by atoms with Crippen LogP contribution in [-0.2, 0) is 9.09 Å². The highest BCUT2D eigenvalue weighted by Gasteiger charge is 2.27. The fourth-order valence-corrected chi connectivity index (χ4v) is 3.26. The van der Waals surface area contributed by atoms with Crippen molar-refractivity contribution in [3.63, 3.8) is 0 Å². The van der Waals surface area contributed by atoms with E-state index in [9.17, 15) is 24.6 Å². The number of rotatable bonds is 10. The van der Waals surface area contributed by atoms with Gasteiger partial charge in [-0.1, -0.05) is 0 Å². The number of nitrogens with zero attached hydrogens (tertiary/aromatic N) is 4. The fourth-order valence-electron chi connectivity index (χ4n) is 2.68. The zero-order valence-electron chi connectivity index (χ0n) is 18.0. The number of anilines is 1. The van der Waals surface area contributed by atoms with Crippen LogP contribution < -0.4 is 10.2 Å². The summed E-state index contributed by atoms with van der Waals surface area (Å²) >= 11 is 0. The van der Waals surface area contributed by atoms with Gasteiger partial charge in [0.2, 0.25) is 0 Å². The monoisotopic (exact) mass is 481 g/mol. The molecule has 0 heterocycles. The normalized spacial score (nSPS) is 13.5. The molecule has 2 aromatic rings. The first-order chi connectivity index (χ1) is 15.4. The smallest absolute Gasteiger partial charge is 0.394 e. The maximum absolute atomic E-state index is 12.5. The first-order valence-corrected chi connectivity index (χ1v) is 11.1. The van der Waals surface area contributed by atoms with Gasteiger partial charge in [-0.25, -0.2) is 4.57 Å². The van der Waals surface area contributed by atoms with E-state index in [1.54, 1.807) is 12.1 Å². The molecule has 0 aromatic heterocycles. The number of amides is 1. The lowest BCUT2D eigenvalue weighted by Gasteiger charge is -2.23. The fraction of sp³-hybridized carbons (Fsp3) is 0.316. The molecule has 0 spiro atoms. The van der Waals surface area contributed by atoms with Crippen LogP contribution in [0, 0.1) is 10.1 Å². The van der Waals surface area contributed by atoms with Gasteiger partial charge in [0, 0.05) is 31.4 Å². The van der Waals surface area contributed by atoms with Crippen LogP contribution in [0.25, 0.3) is 0 Å². The summed E-state index contributed by atoms with van der Waals surface area (Å²) in [4.78, 5) is 42.9. The minimum atomic E-state index is -4.85. The molecule has 1 amide bonds. The number of benzene rings is 2. The highest BCUT2D eigenvalue weighted by Crippen LogP contribution is 2.38. The van der Waals surface area contributed by atoms with E-state index < -0.39 is 43.1 Å². The first-order valence-electron chi connectivity index (χ1n) is 9.54. The van der Waals surface area contributed by atoms with Crippen LogP contribution in [0.1, 0.15) is 17.3 Å². The Morgan fingerprint density at radius 1 is 1.21 bits per heavy atom. The van der Waals surface area contributed by atoms with E-state index in [1.165, 1.54) is 19.1 Å². The van der Waals surface area contributed by atoms with Gasteiger partial charge in [-0.05, 0) is 43.3 Å². The molecule has 33 heavy (non-hydrogen) atoms. The summed E-state index contributed by atoms with van der Waals surface area (Å²) in [6.07, 6.45) is -1.23. The molecule has 0 saturated carbocycles. The van der Waals surface area contributed by atoms with Gasteiger partial charge in [-0.3, -0.25) is 19.4 Å². The van der Waals surface area contributed by atoms with Gasteiger partial charge >= 0.3 is 7.82 Å². The highest BCUT2D eigenvalue weighted by molar-refractivity contribution is 7.46. The average molecular weight is 481 g/mol. The highest BCUT2D eigenvalue weighted by atomic mass is 31.2. The second kappa shape index (κ2) is 11.1. The third-order valence-corrected chi connectivity index (χ3v) is 5.06. The quantitative estimate of drug-likeness (QED) is 0.171. The molecule has 0 saturated heterocycles. The molecule has 0 unspecified atom stereocenters. The van der Waals surface area contributed by atoms with Crippen molar-refractivity contribution in [2.24, 2.45) is 10.2 Å². The summed E-state index contributed by atoms with van der Waals surface area (Å²) in [7, 11) is -1.09. The summed E-state index contributed by atoms with van der Waals surface area (Å²) < 4.78 is 15.4. The molecule has 0 aliphatic rings. The Morgan fingerprint density at radius 3 is 2.36 bits per heavy atom. The minimum Gasteiger partial charge on any atom is -0.394 e. The van der Waals surface area contributed by atoms with E-state index in [4.69, 9.17) is 9.79 Å². The lowest BCUT2D eigenvalue weighted by atomic mass is 10.1. The third-order valence-electron chi connectivity index (χ3n) is 4.46. The van der Waals surface area contributed by atoms with Crippen LogP contribution >= 0.6 is 7.82 Å². The Morgan fingerprint density at radius 2 is 1.85 bits per heavy atom. The zero-order chi connectivity index (χ0) is 24.8. The van der Waals surface area contributed by atoms with Gasteiger partial charge in [0.25, 0.3) is 11.6 Å². The predicted molar refractivity (Wildman–Crippen MR) is 119 cm³/mol. The van der Waals surface area contributed by atoms with E-state index in [0.29, 0.717) is 5.69 Å². The van der Waals surface area contributed by atoms with Crippen molar-refractivity contribution in [2.45, 2.75) is 19.1 Å². The standard InChI is InChI=1S/C19H24N5O8P/c1-12(32-33(29,30)31)17(11-25)20-19(26)13-4-9-16(18(10-13)24(27)28)22-21-14-5-7-15(8-6-14)23(2)3/h4-10,12,17,25H,11H2,1-3H3,(H,20,26)(H2,29,30,31)/t12-,17-/m0/s1. The van der Waals surface area contributed by atoms with Crippen LogP contribution in [0.5, 0.6) is 0 Å². The van der Waals surface area contributed by atoms with Crippen LogP contribution in [-0.4, -0.2) is 58.6 Å². The van der Waals surface area contributed by atoms with Crippen LogP contribution in [0.3, 0.4) is 0 Å². The van der Waals surface area contributed by atoms with Gasteiger partial charge in [0.1, 0.15) is 0 Å². The zero-order valence-corrected chi connectivity index (χ0v) is 18.9. The lowest BCUT2D eigenvalue weighted by molar-refractivity contribution is -0.384. The van der Waals surface area contributed by atoms with Crippen molar-refractivity contribution in [2.75, 3.05) is 25.6 Å². The van der Waals surface area contributed by atoms with Gasteiger partial charge in [-0.2, -0.15) is 5.11 Å². The van der Waals surface area contributed by atoms with Crippen molar-refractivity contribution >= 4 is 36.5 Å². The Kier molecular flexibility index (Phi) is 8.74. The maximum Gasteiger partial charge on any atom is 0.469 e. The number of nitro benzene ring substituents is 1. The number of aliphatic hydroxyl groups excluding tert-OH is 1. The number of carbonyl (C=O) groups excluding carboxylic acids is 1. The molecular weight excluding hydrogens is 457 g/mol. The number of phosphoric ester groups is 1. The summed E-state index contributed by atoms with van der Waals surface area (Å²) in [5.41, 5.74) is 0.734. The largest absolute Gasteiger partial charge is 0.469 e. The number of carbonyl (C=O) groups is 1. The molecule has 0 bridgehead atoms. The topological polar surface area (TPSA) is 187 Å². The van der Waals surface area contributed by atoms with Gasteiger partial charge in [-0.15, -0.1) is 5.11 Å². The summed E-state index contributed by atoms with van der Waals surface area (Å²) in [5.74, 6) is -0.818. The molecule has 178 valence electrons. The predicted octanol–water partition coefficient (Wildman–Crippen LogP) is 2.66. The summed E-state index contributed by atoms with van der Waals surface area (Å²) in [5, 5.41) is 31.1.